The quantitative estimate of drug-likeness (QED) is 0.163. The Labute approximate surface area is 262 Å². The number of carbonyl (C=O) groups is 2. The van der Waals surface area contributed by atoms with E-state index in [0.29, 0.717) is 48.9 Å². The molecule has 4 aromatic rings. The van der Waals surface area contributed by atoms with Crippen molar-refractivity contribution in [2.24, 2.45) is 5.92 Å². The Bertz CT molecular complexity index is 1570. The number of nitrogens with zero attached hydrogens (tertiary/aromatic N) is 1. The second kappa shape index (κ2) is 14.7. The van der Waals surface area contributed by atoms with Gasteiger partial charge in [-0.3, -0.25) is 9.59 Å². The molecule has 4 aromatic carbocycles. The monoisotopic (exact) mass is 613 g/mol. The molecule has 1 fully saturated rings. The highest BCUT2D eigenvalue weighted by molar-refractivity contribution is 6.01. The first-order chi connectivity index (χ1) is 21.7. The fourth-order valence-corrected chi connectivity index (χ4v) is 6.29. The molecule has 0 aromatic heterocycles. The molecule has 1 aliphatic rings. The predicted molar refractivity (Wildman–Crippen MR) is 169 cm³/mol. The minimum absolute atomic E-state index is 0.000561. The topological polar surface area (TPSA) is 57.6 Å². The van der Waals surface area contributed by atoms with Crippen LogP contribution < -0.4 is 0 Å². The highest BCUT2D eigenvalue weighted by Crippen LogP contribution is 2.33. The average Bonchev–Trinajstić information content (AvgIpc) is 3.55. The Morgan fingerprint density at radius 3 is 2.22 bits per heavy atom. The number of benzene rings is 4. The zero-order chi connectivity index (χ0) is 31.8. The van der Waals surface area contributed by atoms with Crippen molar-refractivity contribution in [1.82, 2.24) is 4.90 Å². The van der Waals surface area contributed by atoms with Crippen molar-refractivity contribution >= 4 is 11.7 Å². The molecule has 5 rings (SSSR count). The SMILES string of the molecule is O=C(C[C@@H](Cc1ccccc1)[C@H](O)CCCc1cccc(C(F)(F)F)c1)c1cccc(C(=O)N2CCCC2c2ccccc2)c1. The number of likely N-dealkylation sites (tertiary alicyclic amines) is 1. The van der Waals surface area contributed by atoms with E-state index in [1.807, 2.05) is 65.6 Å². The molecule has 1 unspecified atom stereocenters. The molecule has 0 radical (unpaired) electrons. The Hall–Kier alpha value is -4.23. The molecule has 0 spiro atoms. The maximum Gasteiger partial charge on any atom is 0.416 e. The van der Waals surface area contributed by atoms with Crippen LogP contribution in [0.3, 0.4) is 0 Å². The van der Waals surface area contributed by atoms with Crippen molar-refractivity contribution in [2.75, 3.05) is 6.54 Å². The summed E-state index contributed by atoms with van der Waals surface area (Å²) >= 11 is 0. The van der Waals surface area contributed by atoms with Gasteiger partial charge in [0.05, 0.1) is 17.7 Å². The van der Waals surface area contributed by atoms with Gasteiger partial charge in [-0.1, -0.05) is 91.0 Å². The van der Waals surface area contributed by atoms with Crippen molar-refractivity contribution in [3.05, 3.63) is 143 Å². The molecule has 1 aliphatic heterocycles. The van der Waals surface area contributed by atoms with E-state index in [0.717, 1.165) is 36.1 Å². The first kappa shape index (κ1) is 32.2. The smallest absolute Gasteiger partial charge is 0.393 e. The van der Waals surface area contributed by atoms with Crippen molar-refractivity contribution in [3.63, 3.8) is 0 Å². The van der Waals surface area contributed by atoms with Gasteiger partial charge in [0.2, 0.25) is 0 Å². The molecule has 1 N–H and O–H groups in total. The number of halogens is 3. The third-order valence-electron chi connectivity index (χ3n) is 8.68. The lowest BCUT2D eigenvalue weighted by molar-refractivity contribution is -0.137. The minimum Gasteiger partial charge on any atom is -0.393 e. The van der Waals surface area contributed by atoms with Gasteiger partial charge in [-0.2, -0.15) is 13.2 Å². The van der Waals surface area contributed by atoms with Crippen LogP contribution >= 0.6 is 0 Å². The number of carbonyl (C=O) groups excluding carboxylic acids is 2. The Kier molecular flexibility index (Phi) is 10.5. The van der Waals surface area contributed by atoms with Gasteiger partial charge in [-0.05, 0) is 79.3 Å². The molecule has 4 nitrogen and oxygen atoms in total. The largest absolute Gasteiger partial charge is 0.416 e. The molecule has 3 atom stereocenters. The summed E-state index contributed by atoms with van der Waals surface area (Å²) in [5.74, 6) is -0.670. The summed E-state index contributed by atoms with van der Waals surface area (Å²) in [6.07, 6.45) is -1.68. The highest BCUT2D eigenvalue weighted by atomic mass is 19.4. The van der Waals surface area contributed by atoms with Gasteiger partial charge in [0.15, 0.2) is 5.78 Å². The van der Waals surface area contributed by atoms with Crippen LogP contribution in [0.4, 0.5) is 13.2 Å². The number of Topliss-reactive ketones (excluding diaryl/α,β-unsaturated/α-hetero) is 1. The Balaban J connectivity index is 1.27. The van der Waals surface area contributed by atoms with E-state index in [2.05, 4.69) is 0 Å². The lowest BCUT2D eigenvalue weighted by Gasteiger charge is -2.25. The van der Waals surface area contributed by atoms with Crippen LogP contribution in [0.15, 0.2) is 109 Å². The molecular formula is C38H38F3NO3. The summed E-state index contributed by atoms with van der Waals surface area (Å²) in [5, 5.41) is 11.3. The molecule has 1 amide bonds. The average molecular weight is 614 g/mol. The summed E-state index contributed by atoms with van der Waals surface area (Å²) in [5.41, 5.74) is 2.84. The van der Waals surface area contributed by atoms with Gasteiger partial charge in [0.25, 0.3) is 5.91 Å². The van der Waals surface area contributed by atoms with E-state index in [1.54, 1.807) is 30.3 Å². The van der Waals surface area contributed by atoms with Crippen molar-refractivity contribution in [2.45, 2.75) is 63.3 Å². The zero-order valence-corrected chi connectivity index (χ0v) is 25.1. The molecule has 0 saturated carbocycles. The van der Waals surface area contributed by atoms with E-state index in [-0.39, 0.29) is 24.2 Å². The number of aliphatic hydroxyl groups excluding tert-OH is 1. The molecule has 45 heavy (non-hydrogen) atoms. The van der Waals surface area contributed by atoms with E-state index < -0.39 is 23.8 Å². The normalized spacial score (nSPS) is 16.4. The zero-order valence-electron chi connectivity index (χ0n) is 25.1. The van der Waals surface area contributed by atoms with Crippen LogP contribution in [0.2, 0.25) is 0 Å². The summed E-state index contributed by atoms with van der Waals surface area (Å²) in [6, 6.07) is 31.7. The van der Waals surface area contributed by atoms with Crippen molar-refractivity contribution < 1.29 is 27.9 Å². The molecule has 0 bridgehead atoms. The number of alkyl halides is 3. The van der Waals surface area contributed by atoms with Gasteiger partial charge in [-0.25, -0.2) is 0 Å². The summed E-state index contributed by atoms with van der Waals surface area (Å²) in [7, 11) is 0. The molecule has 234 valence electrons. The number of aryl methyl sites for hydroxylation is 1. The van der Waals surface area contributed by atoms with Crippen LogP contribution in [-0.4, -0.2) is 34.3 Å². The minimum atomic E-state index is -4.41. The van der Waals surface area contributed by atoms with Crippen molar-refractivity contribution in [3.8, 4) is 0 Å². The fourth-order valence-electron chi connectivity index (χ4n) is 6.29. The van der Waals surface area contributed by atoms with Gasteiger partial charge in [-0.15, -0.1) is 0 Å². The van der Waals surface area contributed by atoms with Gasteiger partial charge < -0.3 is 10.0 Å². The van der Waals surface area contributed by atoms with E-state index in [1.165, 1.54) is 6.07 Å². The van der Waals surface area contributed by atoms with Gasteiger partial charge in [0.1, 0.15) is 0 Å². The summed E-state index contributed by atoms with van der Waals surface area (Å²) < 4.78 is 39.4. The number of amides is 1. The van der Waals surface area contributed by atoms with E-state index >= 15 is 0 Å². The lowest BCUT2D eigenvalue weighted by atomic mass is 9.85. The van der Waals surface area contributed by atoms with Gasteiger partial charge >= 0.3 is 6.18 Å². The predicted octanol–water partition coefficient (Wildman–Crippen LogP) is 8.50. The van der Waals surface area contributed by atoms with E-state index in [9.17, 15) is 27.9 Å². The summed E-state index contributed by atoms with van der Waals surface area (Å²) in [4.78, 5) is 29.1. The van der Waals surface area contributed by atoms with Crippen LogP contribution in [0.1, 0.15) is 81.1 Å². The number of hydrogen-bond acceptors (Lipinski definition) is 3. The molecule has 7 heteroatoms. The third kappa shape index (κ3) is 8.49. The third-order valence-corrected chi connectivity index (χ3v) is 8.68. The first-order valence-corrected chi connectivity index (χ1v) is 15.6. The Morgan fingerprint density at radius 2 is 1.49 bits per heavy atom. The second-order valence-corrected chi connectivity index (χ2v) is 11.9. The number of hydrogen-bond donors (Lipinski definition) is 1. The van der Waals surface area contributed by atoms with Crippen LogP contribution in [0.5, 0.6) is 0 Å². The molecule has 1 saturated heterocycles. The number of ketones is 1. The van der Waals surface area contributed by atoms with Crippen LogP contribution in [0, 0.1) is 5.92 Å². The first-order valence-electron chi connectivity index (χ1n) is 15.6. The molecule has 1 heterocycles. The van der Waals surface area contributed by atoms with Crippen LogP contribution in [-0.2, 0) is 19.0 Å². The Morgan fingerprint density at radius 1 is 0.822 bits per heavy atom. The maximum atomic E-state index is 13.6. The highest BCUT2D eigenvalue weighted by Gasteiger charge is 2.32. The lowest BCUT2D eigenvalue weighted by Crippen LogP contribution is -2.30. The molecule has 0 aliphatic carbocycles. The van der Waals surface area contributed by atoms with Gasteiger partial charge in [0, 0.05) is 24.1 Å². The second-order valence-electron chi connectivity index (χ2n) is 11.9. The van der Waals surface area contributed by atoms with E-state index in [4.69, 9.17) is 0 Å². The number of rotatable bonds is 12. The van der Waals surface area contributed by atoms with Crippen LogP contribution in [0.25, 0.3) is 0 Å². The summed E-state index contributed by atoms with van der Waals surface area (Å²) in [6.45, 7) is 0.655. The number of aliphatic hydroxyl groups is 1. The standard InChI is InChI=1S/C38H38F3NO3/c39-38(40,41)33-19-7-13-28(24-33)14-8-21-35(43)32(23-27-11-3-1-4-12-27)26-36(44)30-17-9-18-31(25-30)37(45)42-22-10-20-34(42)29-15-5-2-6-16-29/h1-7,9,11-13,15-19,24-25,32,34-35,43H,8,10,14,20-23,26H2/t32-,34?,35-/m1/s1. The van der Waals surface area contributed by atoms with Crippen molar-refractivity contribution in [1.29, 1.82) is 0 Å². The molecular weight excluding hydrogens is 575 g/mol. The maximum absolute atomic E-state index is 13.6. The fraction of sp³-hybridized carbons (Fsp3) is 0.316.